The van der Waals surface area contributed by atoms with E-state index < -0.39 is 11.7 Å². The van der Waals surface area contributed by atoms with Crippen LogP contribution in [0.25, 0.3) is 0 Å². The summed E-state index contributed by atoms with van der Waals surface area (Å²) in [5.41, 5.74) is 0.0403. The normalized spacial score (nSPS) is 21.9. The topological polar surface area (TPSA) is 30.9 Å². The lowest BCUT2D eigenvalue weighted by molar-refractivity contribution is -0.138. The van der Waals surface area contributed by atoms with Gasteiger partial charge in [-0.15, -0.1) is 0 Å². The molecule has 0 amide bonds. The molecule has 1 heterocycles. The van der Waals surface area contributed by atoms with E-state index in [-0.39, 0.29) is 35.9 Å². The Morgan fingerprint density at radius 2 is 1.57 bits per heavy atom. The van der Waals surface area contributed by atoms with E-state index >= 15 is 0 Å². The van der Waals surface area contributed by atoms with Crippen molar-refractivity contribution in [1.82, 2.24) is 0 Å². The Bertz CT molecular complexity index is 891. The van der Waals surface area contributed by atoms with Crippen molar-refractivity contribution in [3.8, 4) is 11.8 Å². The number of rotatable bonds is 6. The van der Waals surface area contributed by atoms with Gasteiger partial charge in [-0.2, -0.15) is 13.2 Å². The van der Waals surface area contributed by atoms with E-state index in [9.17, 15) is 13.2 Å². The summed E-state index contributed by atoms with van der Waals surface area (Å²) in [4.78, 5) is 2.00. The molecule has 3 rings (SSSR count). The van der Waals surface area contributed by atoms with Crippen LogP contribution in [-0.2, 0) is 20.4 Å². The first-order chi connectivity index (χ1) is 16.2. The van der Waals surface area contributed by atoms with Gasteiger partial charge < -0.3 is 19.1 Å². The van der Waals surface area contributed by atoms with Crippen LogP contribution in [0.2, 0.25) is 0 Å². The molecule has 0 radical (unpaired) electrons. The van der Waals surface area contributed by atoms with Gasteiger partial charge in [0, 0.05) is 24.3 Å². The van der Waals surface area contributed by atoms with Crippen LogP contribution in [0.4, 0.5) is 18.9 Å². The fourth-order valence-electron chi connectivity index (χ4n) is 4.08. The number of anilines is 1. The highest BCUT2D eigenvalue weighted by Gasteiger charge is 2.35. The lowest BCUT2D eigenvalue weighted by Crippen LogP contribution is -2.44. The molecule has 0 unspecified atom stereocenters. The number of nitrogens with zero attached hydrogens (tertiary/aromatic N) is 1. The fourth-order valence-corrected chi connectivity index (χ4v) is 4.08. The first-order valence-electron chi connectivity index (χ1n) is 12.6. The van der Waals surface area contributed by atoms with E-state index in [1.807, 2.05) is 25.7 Å². The van der Waals surface area contributed by atoms with Gasteiger partial charge in [-0.25, -0.2) is 0 Å². The van der Waals surface area contributed by atoms with Crippen molar-refractivity contribution in [3.63, 3.8) is 0 Å². The second kappa shape index (κ2) is 11.1. The minimum Gasteiger partial charge on any atom is -0.377 e. The maximum atomic E-state index is 13.5. The third-order valence-electron chi connectivity index (χ3n) is 6.05. The molecule has 196 valence electrons. The van der Waals surface area contributed by atoms with Crippen LogP contribution in [0.3, 0.4) is 0 Å². The third kappa shape index (κ3) is 9.33. The third-order valence-corrected chi connectivity index (χ3v) is 6.05. The molecule has 0 spiro atoms. The Balaban J connectivity index is 1.54. The molecule has 0 aromatic heterocycles. The van der Waals surface area contributed by atoms with Crippen molar-refractivity contribution < 1.29 is 27.4 Å². The number of alkyl halides is 3. The van der Waals surface area contributed by atoms with Gasteiger partial charge in [0.25, 0.3) is 0 Å². The highest BCUT2D eigenvalue weighted by atomic mass is 19.4. The van der Waals surface area contributed by atoms with E-state index in [1.165, 1.54) is 6.07 Å². The second-order valence-corrected chi connectivity index (χ2v) is 11.9. The molecule has 2 aliphatic rings. The van der Waals surface area contributed by atoms with E-state index in [2.05, 4.69) is 32.6 Å². The van der Waals surface area contributed by atoms with Gasteiger partial charge >= 0.3 is 6.18 Å². The Hall–Kier alpha value is -1.75. The molecule has 2 fully saturated rings. The number of halogens is 3. The van der Waals surface area contributed by atoms with Crippen LogP contribution in [0.5, 0.6) is 0 Å². The molecular formula is C28H40F3NO3. The summed E-state index contributed by atoms with van der Waals surface area (Å²) in [6, 6.07) is 4.07. The monoisotopic (exact) mass is 495 g/mol. The summed E-state index contributed by atoms with van der Waals surface area (Å²) in [6.45, 7) is 14.4. The van der Waals surface area contributed by atoms with Crippen molar-refractivity contribution in [2.24, 2.45) is 5.41 Å². The fraction of sp³-hybridized carbons (Fsp3) is 0.714. The summed E-state index contributed by atoms with van der Waals surface area (Å²) in [5, 5.41) is 0. The largest absolute Gasteiger partial charge is 0.416 e. The minimum absolute atomic E-state index is 0.138. The van der Waals surface area contributed by atoms with Crippen LogP contribution in [-0.4, -0.2) is 50.2 Å². The summed E-state index contributed by atoms with van der Waals surface area (Å²) < 4.78 is 58.4. The predicted molar refractivity (Wildman–Crippen MR) is 133 cm³/mol. The zero-order chi connectivity index (χ0) is 25.9. The molecule has 0 atom stereocenters. The zero-order valence-corrected chi connectivity index (χ0v) is 21.9. The molecule has 1 aromatic carbocycles. The average Bonchev–Trinajstić information content (AvgIpc) is 2.71. The summed E-state index contributed by atoms with van der Waals surface area (Å²) in [6.07, 6.45) is -0.359. The van der Waals surface area contributed by atoms with Crippen molar-refractivity contribution in [1.29, 1.82) is 0 Å². The van der Waals surface area contributed by atoms with Gasteiger partial charge in [0.2, 0.25) is 0 Å². The number of hydrogen-bond donors (Lipinski definition) is 0. The van der Waals surface area contributed by atoms with Crippen LogP contribution in [0, 0.1) is 17.3 Å². The predicted octanol–water partition coefficient (Wildman–Crippen LogP) is 6.45. The lowest BCUT2D eigenvalue weighted by atomic mass is 9.90. The molecule has 7 heteroatoms. The first-order valence-corrected chi connectivity index (χ1v) is 12.6. The molecule has 35 heavy (non-hydrogen) atoms. The van der Waals surface area contributed by atoms with Crippen molar-refractivity contribution in [2.75, 3.05) is 31.2 Å². The molecule has 4 nitrogen and oxygen atoms in total. The maximum absolute atomic E-state index is 13.5. The van der Waals surface area contributed by atoms with E-state index in [0.29, 0.717) is 24.3 Å². The van der Waals surface area contributed by atoms with E-state index in [4.69, 9.17) is 14.2 Å². The molecular weight excluding hydrogens is 455 g/mol. The van der Waals surface area contributed by atoms with Gasteiger partial charge in [-0.05, 0) is 70.1 Å². The molecule has 1 aliphatic heterocycles. The molecule has 0 bridgehead atoms. The first kappa shape index (κ1) is 27.8. The van der Waals surface area contributed by atoms with Gasteiger partial charge in [0.1, 0.15) is 6.61 Å². The lowest BCUT2D eigenvalue weighted by Gasteiger charge is -2.41. The Kier molecular flexibility index (Phi) is 8.83. The van der Waals surface area contributed by atoms with Gasteiger partial charge in [0.15, 0.2) is 0 Å². The number of benzene rings is 1. The molecule has 1 saturated heterocycles. The Labute approximate surface area is 208 Å². The summed E-state index contributed by atoms with van der Waals surface area (Å²) >= 11 is 0. The quantitative estimate of drug-likeness (QED) is 0.425. The zero-order valence-electron chi connectivity index (χ0n) is 21.9. The Morgan fingerprint density at radius 1 is 0.914 bits per heavy atom. The van der Waals surface area contributed by atoms with Crippen LogP contribution in [0.1, 0.15) is 78.4 Å². The number of hydrogen-bond acceptors (Lipinski definition) is 4. The SMILES string of the molecule is CC(C)(C)COC1CC(OC2CCN(c3cc(C#CCOC(C)(C)C)cc(C(F)(F)F)c3)CC2)C1. The second-order valence-electron chi connectivity index (χ2n) is 11.9. The van der Waals surface area contributed by atoms with Crippen LogP contribution >= 0.6 is 0 Å². The highest BCUT2D eigenvalue weighted by Crippen LogP contribution is 2.35. The maximum Gasteiger partial charge on any atom is 0.416 e. The van der Waals surface area contributed by atoms with Crippen molar-refractivity contribution >= 4 is 5.69 Å². The van der Waals surface area contributed by atoms with Gasteiger partial charge in [-0.1, -0.05) is 32.6 Å². The molecule has 1 aromatic rings. The van der Waals surface area contributed by atoms with E-state index in [0.717, 1.165) is 38.4 Å². The summed E-state index contributed by atoms with van der Waals surface area (Å²) in [5.74, 6) is 5.69. The average molecular weight is 496 g/mol. The smallest absolute Gasteiger partial charge is 0.377 e. The minimum atomic E-state index is -4.42. The summed E-state index contributed by atoms with van der Waals surface area (Å²) in [7, 11) is 0. The van der Waals surface area contributed by atoms with E-state index in [1.54, 1.807) is 6.07 Å². The molecule has 1 aliphatic carbocycles. The molecule has 0 N–H and O–H groups in total. The Morgan fingerprint density at radius 3 is 2.14 bits per heavy atom. The van der Waals surface area contributed by atoms with Crippen LogP contribution in [0.15, 0.2) is 18.2 Å². The number of ether oxygens (including phenoxy) is 3. The highest BCUT2D eigenvalue weighted by molar-refractivity contribution is 5.56. The van der Waals surface area contributed by atoms with Crippen molar-refractivity contribution in [2.45, 2.75) is 97.3 Å². The molecule has 1 saturated carbocycles. The van der Waals surface area contributed by atoms with Crippen molar-refractivity contribution in [3.05, 3.63) is 29.3 Å². The standard InChI is InChI=1S/C28H40F3NO3/c1-26(2,3)19-33-24-17-25(18-24)35-23-9-11-32(12-10-23)22-15-20(8-7-13-34-27(4,5)6)14-21(16-22)28(29,30)31/h14-16,23-25H,9-13,17-19H2,1-6H3. The number of piperidine rings is 1. The van der Waals surface area contributed by atoms with Gasteiger partial charge in [0.05, 0.1) is 36.1 Å². The van der Waals surface area contributed by atoms with Gasteiger partial charge in [-0.3, -0.25) is 0 Å². The van der Waals surface area contributed by atoms with Crippen LogP contribution < -0.4 is 4.90 Å².